The average molecular weight is 342 g/mol. The SMILES string of the molecule is C[C@@H]1CN2C[C@H](COc3ccc(C4CCCCC4)cc3)OC2=NC1=O. The number of carbonyl (C=O) groups excluding carboxylic acids is 1. The van der Waals surface area contributed by atoms with Crippen molar-refractivity contribution in [3.8, 4) is 5.75 Å². The first-order valence-electron chi connectivity index (χ1n) is 9.46. The summed E-state index contributed by atoms with van der Waals surface area (Å²) in [6.45, 7) is 3.79. The van der Waals surface area contributed by atoms with Gasteiger partial charge in [0.15, 0.2) is 6.10 Å². The maximum Gasteiger partial charge on any atom is 0.295 e. The smallest absolute Gasteiger partial charge is 0.295 e. The van der Waals surface area contributed by atoms with Gasteiger partial charge in [-0.1, -0.05) is 38.3 Å². The minimum absolute atomic E-state index is 0.0562. The fourth-order valence-corrected chi connectivity index (χ4v) is 4.00. The van der Waals surface area contributed by atoms with E-state index in [1.54, 1.807) is 0 Å². The number of hydrogen-bond acceptors (Lipinski definition) is 4. The minimum atomic E-state index is -0.0916. The molecule has 1 aliphatic carbocycles. The maximum absolute atomic E-state index is 11.7. The van der Waals surface area contributed by atoms with Crippen LogP contribution in [0.25, 0.3) is 0 Å². The van der Waals surface area contributed by atoms with Gasteiger partial charge in [0.2, 0.25) is 0 Å². The summed E-state index contributed by atoms with van der Waals surface area (Å²) in [6.07, 6.45) is 6.63. The molecule has 1 aromatic carbocycles. The normalized spacial score (nSPS) is 26.8. The van der Waals surface area contributed by atoms with E-state index in [1.165, 1.54) is 37.7 Å². The molecular formula is C20H26N2O3. The van der Waals surface area contributed by atoms with Crippen LogP contribution in [0.15, 0.2) is 29.3 Å². The molecule has 0 N–H and O–H groups in total. The Kier molecular flexibility index (Phi) is 4.64. The maximum atomic E-state index is 11.7. The third-order valence-corrected chi connectivity index (χ3v) is 5.48. The molecule has 1 saturated heterocycles. The Bertz CT molecular complexity index is 649. The lowest BCUT2D eigenvalue weighted by Crippen LogP contribution is -2.38. The van der Waals surface area contributed by atoms with Gasteiger partial charge in [0.25, 0.3) is 11.9 Å². The van der Waals surface area contributed by atoms with E-state index in [-0.39, 0.29) is 17.9 Å². The predicted molar refractivity (Wildman–Crippen MR) is 95.8 cm³/mol. The van der Waals surface area contributed by atoms with Crippen LogP contribution in [0.5, 0.6) is 5.75 Å². The molecule has 3 aliphatic rings. The Morgan fingerprint density at radius 2 is 1.92 bits per heavy atom. The summed E-state index contributed by atoms with van der Waals surface area (Å²) in [7, 11) is 0. The molecule has 2 atom stereocenters. The molecule has 0 unspecified atom stereocenters. The van der Waals surface area contributed by atoms with E-state index in [4.69, 9.17) is 9.47 Å². The van der Waals surface area contributed by atoms with Gasteiger partial charge in [0.1, 0.15) is 12.4 Å². The zero-order valence-electron chi connectivity index (χ0n) is 14.8. The van der Waals surface area contributed by atoms with E-state index in [9.17, 15) is 4.79 Å². The van der Waals surface area contributed by atoms with Gasteiger partial charge in [-0.15, -0.1) is 0 Å². The van der Waals surface area contributed by atoms with Crippen molar-refractivity contribution < 1.29 is 14.3 Å². The van der Waals surface area contributed by atoms with Crippen molar-refractivity contribution in [3.63, 3.8) is 0 Å². The van der Waals surface area contributed by atoms with Crippen LogP contribution in [-0.2, 0) is 9.53 Å². The second kappa shape index (κ2) is 7.06. The van der Waals surface area contributed by atoms with Crippen LogP contribution in [0.1, 0.15) is 50.5 Å². The average Bonchev–Trinajstić information content (AvgIpc) is 3.03. The van der Waals surface area contributed by atoms with E-state index in [0.717, 1.165) is 18.2 Å². The van der Waals surface area contributed by atoms with Crippen LogP contribution in [0, 0.1) is 5.92 Å². The Hall–Kier alpha value is -2.04. The second-order valence-electron chi connectivity index (χ2n) is 7.49. The molecule has 4 rings (SSSR count). The van der Waals surface area contributed by atoms with Gasteiger partial charge in [-0.2, -0.15) is 4.99 Å². The van der Waals surface area contributed by atoms with Gasteiger partial charge in [-0.3, -0.25) is 4.79 Å². The summed E-state index contributed by atoms with van der Waals surface area (Å²) >= 11 is 0. The van der Waals surface area contributed by atoms with Gasteiger partial charge in [-0.25, -0.2) is 0 Å². The highest BCUT2D eigenvalue weighted by atomic mass is 16.6. The first-order chi connectivity index (χ1) is 12.2. The summed E-state index contributed by atoms with van der Waals surface area (Å²) in [5.41, 5.74) is 1.43. The molecule has 2 fully saturated rings. The molecule has 1 amide bonds. The highest BCUT2D eigenvalue weighted by Crippen LogP contribution is 2.33. The van der Waals surface area contributed by atoms with Crippen LogP contribution in [0.2, 0.25) is 0 Å². The van der Waals surface area contributed by atoms with Gasteiger partial charge in [0.05, 0.1) is 12.5 Å². The predicted octanol–water partition coefficient (Wildman–Crippen LogP) is 3.35. The lowest BCUT2D eigenvalue weighted by molar-refractivity contribution is -0.122. The summed E-state index contributed by atoms with van der Waals surface area (Å²) in [4.78, 5) is 17.7. The summed E-state index contributed by atoms with van der Waals surface area (Å²) in [6, 6.07) is 9.00. The summed E-state index contributed by atoms with van der Waals surface area (Å²) in [5.74, 6) is 1.44. The molecule has 0 aromatic heterocycles. The van der Waals surface area contributed by atoms with E-state index in [0.29, 0.717) is 19.2 Å². The topological polar surface area (TPSA) is 51.1 Å². The zero-order valence-corrected chi connectivity index (χ0v) is 14.8. The molecule has 0 spiro atoms. The standard InChI is InChI=1S/C20H26N2O3/c1-14-11-22-12-18(25-20(22)21-19(14)23)13-24-17-9-7-16(8-10-17)15-5-3-2-4-6-15/h7-10,14-15,18H,2-6,11-13H2,1H3/t14-,18-/m1/s1. The molecule has 2 aliphatic heterocycles. The van der Waals surface area contributed by atoms with Gasteiger partial charge < -0.3 is 14.4 Å². The lowest BCUT2D eigenvalue weighted by Gasteiger charge is -2.22. The molecule has 1 aromatic rings. The molecule has 1 saturated carbocycles. The van der Waals surface area contributed by atoms with Crippen LogP contribution in [-0.4, -0.2) is 42.6 Å². The van der Waals surface area contributed by atoms with Gasteiger partial charge in [-0.05, 0) is 36.5 Å². The van der Waals surface area contributed by atoms with Gasteiger partial charge in [0, 0.05) is 6.54 Å². The quantitative estimate of drug-likeness (QED) is 0.842. The number of carbonyl (C=O) groups is 1. The van der Waals surface area contributed by atoms with Crippen LogP contribution < -0.4 is 4.74 Å². The van der Waals surface area contributed by atoms with Crippen LogP contribution >= 0.6 is 0 Å². The molecule has 0 bridgehead atoms. The number of rotatable bonds is 4. The summed E-state index contributed by atoms with van der Waals surface area (Å²) in [5, 5.41) is 0. The Labute approximate surface area is 149 Å². The first-order valence-corrected chi connectivity index (χ1v) is 9.46. The van der Waals surface area contributed by atoms with E-state index >= 15 is 0 Å². The molecule has 2 heterocycles. The third-order valence-electron chi connectivity index (χ3n) is 5.48. The molecule has 134 valence electrons. The Balaban J connectivity index is 1.30. The second-order valence-corrected chi connectivity index (χ2v) is 7.49. The fraction of sp³-hybridized carbons (Fsp3) is 0.600. The van der Waals surface area contributed by atoms with Crippen LogP contribution in [0.4, 0.5) is 0 Å². The number of ether oxygens (including phenoxy) is 2. The van der Waals surface area contributed by atoms with Crippen molar-refractivity contribution >= 4 is 11.9 Å². The monoisotopic (exact) mass is 342 g/mol. The van der Waals surface area contributed by atoms with E-state index in [1.807, 2.05) is 11.8 Å². The van der Waals surface area contributed by atoms with Crippen molar-refractivity contribution in [1.29, 1.82) is 0 Å². The van der Waals surface area contributed by atoms with E-state index < -0.39 is 0 Å². The van der Waals surface area contributed by atoms with Crippen molar-refractivity contribution in [2.24, 2.45) is 10.9 Å². The van der Waals surface area contributed by atoms with Crippen LogP contribution in [0.3, 0.4) is 0 Å². The largest absolute Gasteiger partial charge is 0.490 e. The number of benzene rings is 1. The van der Waals surface area contributed by atoms with Crippen molar-refractivity contribution in [2.75, 3.05) is 19.7 Å². The number of amides is 1. The number of amidine groups is 1. The Morgan fingerprint density at radius 3 is 2.68 bits per heavy atom. The number of hydrogen-bond donors (Lipinski definition) is 0. The molecule has 0 radical (unpaired) electrons. The van der Waals surface area contributed by atoms with Gasteiger partial charge >= 0.3 is 0 Å². The number of fused-ring (bicyclic) bond motifs is 1. The lowest BCUT2D eigenvalue weighted by atomic mass is 9.84. The fourth-order valence-electron chi connectivity index (χ4n) is 4.00. The van der Waals surface area contributed by atoms with Crippen molar-refractivity contribution in [1.82, 2.24) is 4.90 Å². The minimum Gasteiger partial charge on any atom is -0.490 e. The molecule has 5 heteroatoms. The van der Waals surface area contributed by atoms with Crippen molar-refractivity contribution in [2.45, 2.75) is 51.0 Å². The first kappa shape index (κ1) is 16.4. The number of nitrogens with zero attached hydrogens (tertiary/aromatic N) is 2. The number of aliphatic imine (C=N–C) groups is 1. The molecule has 5 nitrogen and oxygen atoms in total. The molecular weight excluding hydrogens is 316 g/mol. The zero-order chi connectivity index (χ0) is 17.2. The highest BCUT2D eigenvalue weighted by molar-refractivity contribution is 5.94. The summed E-state index contributed by atoms with van der Waals surface area (Å²) < 4.78 is 11.7. The Morgan fingerprint density at radius 1 is 1.16 bits per heavy atom. The molecule has 25 heavy (non-hydrogen) atoms. The third kappa shape index (κ3) is 3.65. The van der Waals surface area contributed by atoms with Crippen molar-refractivity contribution in [3.05, 3.63) is 29.8 Å². The highest BCUT2D eigenvalue weighted by Gasteiger charge is 2.36. The van der Waals surface area contributed by atoms with E-state index in [2.05, 4.69) is 29.3 Å².